The van der Waals surface area contributed by atoms with Gasteiger partial charge >= 0.3 is 5.97 Å². The van der Waals surface area contributed by atoms with Crippen LogP contribution in [0.1, 0.15) is 18.0 Å². The second-order valence-electron chi connectivity index (χ2n) is 4.19. The molecule has 18 heavy (non-hydrogen) atoms. The van der Waals surface area contributed by atoms with E-state index in [2.05, 4.69) is 5.32 Å². The van der Waals surface area contributed by atoms with Crippen molar-refractivity contribution in [3.05, 3.63) is 22.5 Å². The predicted molar refractivity (Wildman–Crippen MR) is 61.2 cm³/mol. The number of carboxylic acids is 1. The van der Waals surface area contributed by atoms with Gasteiger partial charge in [0.05, 0.1) is 16.5 Å². The SMILES string of the molecule is O=C(O)C1CNC(c2c(O)c(O)cc(Cl)c2F)C1. The number of nitrogens with one attached hydrogen (secondary N) is 1. The zero-order chi connectivity index (χ0) is 13.4. The molecule has 5 nitrogen and oxygen atoms in total. The Balaban J connectivity index is 2.38. The standard InChI is InChI=1S/C11H11ClFNO4/c12-5-2-7(15)10(16)8(9(5)13)6-1-4(3-14-6)11(17)18/h2,4,6,14-16H,1,3H2,(H,17,18). The maximum atomic E-state index is 13.8. The van der Waals surface area contributed by atoms with Crippen LogP contribution in [0, 0.1) is 11.7 Å². The minimum absolute atomic E-state index is 0.125. The average Bonchev–Trinajstić information content (AvgIpc) is 2.76. The van der Waals surface area contributed by atoms with Gasteiger partial charge in [-0.25, -0.2) is 4.39 Å². The monoisotopic (exact) mass is 275 g/mol. The fourth-order valence-corrected chi connectivity index (χ4v) is 2.29. The van der Waals surface area contributed by atoms with Crippen LogP contribution in [0.25, 0.3) is 0 Å². The van der Waals surface area contributed by atoms with Gasteiger partial charge in [0.25, 0.3) is 0 Å². The first kappa shape index (κ1) is 12.9. The van der Waals surface area contributed by atoms with Gasteiger partial charge in [-0.2, -0.15) is 0 Å². The fraction of sp³-hybridized carbons (Fsp3) is 0.364. The van der Waals surface area contributed by atoms with Crippen molar-refractivity contribution >= 4 is 17.6 Å². The van der Waals surface area contributed by atoms with Crippen molar-refractivity contribution in [2.24, 2.45) is 5.92 Å². The Morgan fingerprint density at radius 1 is 1.50 bits per heavy atom. The Bertz CT molecular complexity index is 482. The third kappa shape index (κ3) is 2.09. The third-order valence-electron chi connectivity index (χ3n) is 3.04. The highest BCUT2D eigenvalue weighted by atomic mass is 35.5. The van der Waals surface area contributed by atoms with Crippen LogP contribution < -0.4 is 5.32 Å². The van der Waals surface area contributed by atoms with E-state index in [1.54, 1.807) is 0 Å². The Morgan fingerprint density at radius 3 is 2.72 bits per heavy atom. The molecule has 0 aromatic heterocycles. The molecule has 1 aliphatic rings. The van der Waals surface area contributed by atoms with E-state index in [1.165, 1.54) is 0 Å². The summed E-state index contributed by atoms with van der Waals surface area (Å²) in [4.78, 5) is 10.8. The van der Waals surface area contributed by atoms with Crippen LogP contribution in [0.4, 0.5) is 4.39 Å². The summed E-state index contributed by atoms with van der Waals surface area (Å²) in [5.74, 6) is -3.64. The number of hydrogen-bond donors (Lipinski definition) is 4. The van der Waals surface area contributed by atoms with E-state index in [0.29, 0.717) is 0 Å². The number of hydrogen-bond acceptors (Lipinski definition) is 4. The van der Waals surface area contributed by atoms with Crippen LogP contribution in [0.15, 0.2) is 6.07 Å². The lowest BCUT2D eigenvalue weighted by Gasteiger charge is -2.15. The minimum atomic E-state index is -0.990. The number of halogens is 2. The molecule has 0 amide bonds. The normalized spacial score (nSPS) is 23.2. The molecule has 0 bridgehead atoms. The molecule has 0 aliphatic carbocycles. The molecule has 1 saturated heterocycles. The summed E-state index contributed by atoms with van der Waals surface area (Å²) < 4.78 is 13.8. The van der Waals surface area contributed by atoms with Crippen molar-refractivity contribution in [2.45, 2.75) is 12.5 Å². The Hall–Kier alpha value is -1.53. The summed E-state index contributed by atoms with van der Waals surface area (Å²) in [7, 11) is 0. The first-order valence-electron chi connectivity index (χ1n) is 5.27. The Kier molecular flexibility index (Phi) is 3.32. The highest BCUT2D eigenvalue weighted by molar-refractivity contribution is 6.31. The highest BCUT2D eigenvalue weighted by Crippen LogP contribution is 2.42. The molecule has 2 atom stereocenters. The fourth-order valence-electron chi connectivity index (χ4n) is 2.08. The van der Waals surface area contributed by atoms with E-state index >= 15 is 0 Å². The summed E-state index contributed by atoms with van der Waals surface area (Å²) in [5.41, 5.74) is -0.191. The number of rotatable bonds is 2. The first-order valence-corrected chi connectivity index (χ1v) is 5.65. The molecule has 2 unspecified atom stereocenters. The molecule has 1 aromatic carbocycles. The zero-order valence-corrected chi connectivity index (χ0v) is 9.91. The van der Waals surface area contributed by atoms with Gasteiger partial charge in [0, 0.05) is 18.7 Å². The topological polar surface area (TPSA) is 89.8 Å². The van der Waals surface area contributed by atoms with E-state index in [0.717, 1.165) is 6.07 Å². The molecule has 7 heteroatoms. The van der Waals surface area contributed by atoms with Crippen LogP contribution >= 0.6 is 11.6 Å². The molecule has 1 aliphatic heterocycles. The lowest BCUT2D eigenvalue weighted by Crippen LogP contribution is -2.17. The molecule has 1 fully saturated rings. The number of benzene rings is 1. The van der Waals surface area contributed by atoms with Crippen molar-refractivity contribution in [3.8, 4) is 11.5 Å². The van der Waals surface area contributed by atoms with Gasteiger partial charge in [0.1, 0.15) is 0 Å². The van der Waals surface area contributed by atoms with E-state index in [4.69, 9.17) is 16.7 Å². The van der Waals surface area contributed by atoms with Gasteiger partial charge in [0.2, 0.25) is 0 Å². The zero-order valence-electron chi connectivity index (χ0n) is 9.15. The van der Waals surface area contributed by atoms with Crippen LogP contribution in [0.2, 0.25) is 5.02 Å². The van der Waals surface area contributed by atoms with Crippen molar-refractivity contribution in [2.75, 3.05) is 6.54 Å². The number of phenols is 2. The summed E-state index contributed by atoms with van der Waals surface area (Å²) in [6.07, 6.45) is 0.125. The molecule has 98 valence electrons. The average molecular weight is 276 g/mol. The molecule has 4 N–H and O–H groups in total. The maximum Gasteiger partial charge on any atom is 0.307 e. The van der Waals surface area contributed by atoms with Crippen LogP contribution in [0.5, 0.6) is 11.5 Å². The molecule has 1 heterocycles. The molecular formula is C11H11ClFNO4. The molecular weight excluding hydrogens is 265 g/mol. The summed E-state index contributed by atoms with van der Waals surface area (Å²) in [6.45, 7) is 0.173. The summed E-state index contributed by atoms with van der Waals surface area (Å²) in [5, 5.41) is 30.4. The van der Waals surface area contributed by atoms with Crippen LogP contribution in [0.3, 0.4) is 0 Å². The van der Waals surface area contributed by atoms with Gasteiger partial charge in [-0.05, 0) is 6.42 Å². The summed E-state index contributed by atoms with van der Waals surface area (Å²) >= 11 is 5.58. The Morgan fingerprint density at radius 2 is 2.17 bits per heavy atom. The van der Waals surface area contributed by atoms with Gasteiger partial charge in [-0.15, -0.1) is 0 Å². The Labute approximate surface area is 107 Å². The number of carboxylic acid groups (broad SMARTS) is 1. The largest absolute Gasteiger partial charge is 0.504 e. The second kappa shape index (κ2) is 4.62. The number of carbonyl (C=O) groups is 1. The van der Waals surface area contributed by atoms with Crippen LogP contribution in [-0.2, 0) is 4.79 Å². The summed E-state index contributed by atoms with van der Waals surface area (Å²) in [6, 6.07) is 0.218. The number of phenolic OH excluding ortho intramolecular Hbond substituents is 2. The van der Waals surface area contributed by atoms with Gasteiger partial charge in [-0.1, -0.05) is 11.6 Å². The highest BCUT2D eigenvalue weighted by Gasteiger charge is 2.34. The number of aromatic hydroxyl groups is 2. The lowest BCUT2D eigenvalue weighted by molar-refractivity contribution is -0.141. The smallest absolute Gasteiger partial charge is 0.307 e. The molecule has 0 radical (unpaired) electrons. The van der Waals surface area contributed by atoms with Crippen molar-refractivity contribution in [3.63, 3.8) is 0 Å². The molecule has 2 rings (SSSR count). The van der Waals surface area contributed by atoms with E-state index in [9.17, 15) is 19.4 Å². The van der Waals surface area contributed by atoms with E-state index in [1.807, 2.05) is 0 Å². The van der Waals surface area contributed by atoms with E-state index < -0.39 is 35.2 Å². The maximum absolute atomic E-state index is 13.8. The second-order valence-corrected chi connectivity index (χ2v) is 4.59. The van der Waals surface area contributed by atoms with Gasteiger partial charge in [-0.3, -0.25) is 4.79 Å². The third-order valence-corrected chi connectivity index (χ3v) is 3.31. The lowest BCUT2D eigenvalue weighted by atomic mass is 9.98. The predicted octanol–water partition coefficient (Wildman–Crippen LogP) is 1.63. The van der Waals surface area contributed by atoms with Gasteiger partial charge in [0.15, 0.2) is 17.3 Å². The van der Waals surface area contributed by atoms with Crippen molar-refractivity contribution < 1.29 is 24.5 Å². The van der Waals surface area contributed by atoms with Crippen molar-refractivity contribution in [1.29, 1.82) is 0 Å². The minimum Gasteiger partial charge on any atom is -0.504 e. The van der Waals surface area contributed by atoms with Crippen LogP contribution in [-0.4, -0.2) is 27.8 Å². The van der Waals surface area contributed by atoms with Crippen molar-refractivity contribution in [1.82, 2.24) is 5.32 Å². The molecule has 0 spiro atoms. The quantitative estimate of drug-likeness (QED) is 0.616. The number of aliphatic carboxylic acids is 1. The molecule has 0 saturated carbocycles. The van der Waals surface area contributed by atoms with E-state index in [-0.39, 0.29) is 23.6 Å². The molecule has 1 aromatic rings. The van der Waals surface area contributed by atoms with Gasteiger partial charge < -0.3 is 20.6 Å². The first-order chi connectivity index (χ1) is 8.41.